The first-order valence-electron chi connectivity index (χ1n) is 4.03. The van der Waals surface area contributed by atoms with E-state index in [2.05, 4.69) is 15.2 Å². The Labute approximate surface area is 80.3 Å². The maximum Gasteiger partial charge on any atom is 0.142 e. The number of pyridine rings is 1. The number of aromatic nitrogens is 3. The molecule has 0 unspecified atom stereocenters. The number of aromatic hydroxyl groups is 1. The molecule has 5 nitrogen and oxygen atoms in total. The average molecular weight is 188 g/mol. The van der Waals surface area contributed by atoms with Crippen molar-refractivity contribution in [3.63, 3.8) is 0 Å². The monoisotopic (exact) mass is 188 g/mol. The Morgan fingerprint density at radius 3 is 3.07 bits per heavy atom. The van der Waals surface area contributed by atoms with Gasteiger partial charge >= 0.3 is 0 Å². The van der Waals surface area contributed by atoms with Gasteiger partial charge < -0.3 is 5.11 Å². The normalized spacial score (nSPS) is 10.9. The van der Waals surface area contributed by atoms with Gasteiger partial charge in [-0.15, -0.1) is 0 Å². The molecule has 0 aliphatic carbocycles. The van der Waals surface area contributed by atoms with E-state index in [1.165, 1.54) is 17.2 Å². The molecule has 0 saturated carbocycles. The lowest BCUT2D eigenvalue weighted by atomic mass is 10.3. The van der Waals surface area contributed by atoms with Gasteiger partial charge in [0.2, 0.25) is 0 Å². The predicted molar refractivity (Wildman–Crippen MR) is 51.1 cm³/mol. The Morgan fingerprint density at radius 1 is 1.43 bits per heavy atom. The summed E-state index contributed by atoms with van der Waals surface area (Å²) in [6.07, 6.45) is 7.80. The number of rotatable bonds is 2. The zero-order valence-electron chi connectivity index (χ0n) is 7.28. The van der Waals surface area contributed by atoms with Gasteiger partial charge in [-0.2, -0.15) is 15.0 Å². The highest BCUT2D eigenvalue weighted by atomic mass is 16.3. The first-order chi connectivity index (χ1) is 6.86. The van der Waals surface area contributed by atoms with E-state index in [0.717, 1.165) is 0 Å². The van der Waals surface area contributed by atoms with Crippen molar-refractivity contribution in [1.29, 1.82) is 0 Å². The van der Waals surface area contributed by atoms with Crippen LogP contribution in [-0.2, 0) is 0 Å². The minimum atomic E-state index is 0.100. The summed E-state index contributed by atoms with van der Waals surface area (Å²) in [5, 5.41) is 17.2. The Morgan fingerprint density at radius 2 is 2.36 bits per heavy atom. The van der Waals surface area contributed by atoms with Gasteiger partial charge in [0.15, 0.2) is 0 Å². The molecule has 0 atom stereocenters. The molecule has 0 aliphatic heterocycles. The van der Waals surface area contributed by atoms with Crippen molar-refractivity contribution in [2.75, 3.05) is 0 Å². The molecule has 0 amide bonds. The van der Waals surface area contributed by atoms with Crippen LogP contribution in [-0.4, -0.2) is 26.2 Å². The molecular weight excluding hydrogens is 180 g/mol. The van der Waals surface area contributed by atoms with Crippen LogP contribution in [0.1, 0.15) is 5.56 Å². The molecule has 2 aromatic rings. The molecular formula is C9H8N4O. The van der Waals surface area contributed by atoms with E-state index in [4.69, 9.17) is 0 Å². The van der Waals surface area contributed by atoms with Crippen LogP contribution in [0.2, 0.25) is 0 Å². The summed E-state index contributed by atoms with van der Waals surface area (Å²) in [6, 6.07) is 3.44. The van der Waals surface area contributed by atoms with E-state index in [-0.39, 0.29) is 5.75 Å². The molecule has 14 heavy (non-hydrogen) atoms. The van der Waals surface area contributed by atoms with Crippen molar-refractivity contribution in [3.05, 3.63) is 42.5 Å². The molecule has 70 valence electrons. The Hall–Kier alpha value is -2.17. The standard InChI is InChI=1S/C9H8N4O/c14-9-7-10-4-2-8(9)6-12-13-5-1-3-11-13/h1-7,14H/b12-6+. The van der Waals surface area contributed by atoms with Crippen LogP contribution in [0.25, 0.3) is 0 Å². The van der Waals surface area contributed by atoms with Gasteiger partial charge in [-0.1, -0.05) is 0 Å². The van der Waals surface area contributed by atoms with Crippen LogP contribution in [0, 0.1) is 0 Å². The van der Waals surface area contributed by atoms with Crippen LogP contribution < -0.4 is 0 Å². The van der Waals surface area contributed by atoms with Gasteiger partial charge in [-0.3, -0.25) is 4.98 Å². The van der Waals surface area contributed by atoms with Crippen LogP contribution >= 0.6 is 0 Å². The SMILES string of the molecule is Oc1cnccc1/C=N/n1cccn1. The minimum Gasteiger partial charge on any atom is -0.506 e. The molecule has 0 fully saturated rings. The van der Waals surface area contributed by atoms with Crippen LogP contribution in [0.3, 0.4) is 0 Å². The molecule has 0 aliphatic rings. The molecule has 5 heteroatoms. The summed E-state index contributed by atoms with van der Waals surface area (Å²) < 4.78 is 0. The molecule has 0 spiro atoms. The van der Waals surface area contributed by atoms with Crippen LogP contribution in [0.15, 0.2) is 42.0 Å². The third-order valence-electron chi connectivity index (χ3n) is 1.64. The van der Waals surface area contributed by atoms with E-state index >= 15 is 0 Å². The smallest absolute Gasteiger partial charge is 0.142 e. The number of hydrogen-bond donors (Lipinski definition) is 1. The van der Waals surface area contributed by atoms with Crippen LogP contribution in [0.4, 0.5) is 0 Å². The zero-order valence-corrected chi connectivity index (χ0v) is 7.28. The van der Waals surface area contributed by atoms with Crippen molar-refractivity contribution in [3.8, 4) is 5.75 Å². The van der Waals surface area contributed by atoms with Gasteiger partial charge in [0, 0.05) is 11.8 Å². The van der Waals surface area contributed by atoms with Crippen molar-refractivity contribution < 1.29 is 5.11 Å². The third kappa shape index (κ3) is 1.77. The summed E-state index contributed by atoms with van der Waals surface area (Å²) >= 11 is 0. The van der Waals surface area contributed by atoms with Crippen molar-refractivity contribution >= 4 is 6.21 Å². The highest BCUT2D eigenvalue weighted by Crippen LogP contribution is 2.10. The lowest BCUT2D eigenvalue weighted by molar-refractivity contribution is 0.471. The zero-order chi connectivity index (χ0) is 9.80. The Bertz CT molecular complexity index is 436. The van der Waals surface area contributed by atoms with Gasteiger partial charge in [-0.05, 0) is 12.1 Å². The second kappa shape index (κ2) is 3.69. The minimum absolute atomic E-state index is 0.100. The summed E-state index contributed by atoms with van der Waals surface area (Å²) in [7, 11) is 0. The largest absolute Gasteiger partial charge is 0.506 e. The summed E-state index contributed by atoms with van der Waals surface area (Å²) in [5.74, 6) is 0.100. The second-order valence-electron chi connectivity index (χ2n) is 2.61. The molecule has 0 saturated heterocycles. The van der Waals surface area contributed by atoms with E-state index in [1.807, 2.05) is 0 Å². The maximum absolute atomic E-state index is 9.36. The second-order valence-corrected chi connectivity index (χ2v) is 2.61. The highest BCUT2D eigenvalue weighted by molar-refractivity contribution is 5.82. The van der Waals surface area contributed by atoms with Crippen LogP contribution in [0.5, 0.6) is 5.75 Å². The molecule has 2 aromatic heterocycles. The maximum atomic E-state index is 9.36. The van der Waals surface area contributed by atoms with Gasteiger partial charge in [0.05, 0.1) is 24.8 Å². The first kappa shape index (κ1) is 8.43. The first-order valence-corrected chi connectivity index (χ1v) is 4.03. The van der Waals surface area contributed by atoms with Gasteiger partial charge in [0.25, 0.3) is 0 Å². The van der Waals surface area contributed by atoms with Gasteiger partial charge in [0.1, 0.15) is 5.75 Å². The highest BCUT2D eigenvalue weighted by Gasteiger charge is 1.95. The summed E-state index contributed by atoms with van der Waals surface area (Å²) in [5.41, 5.74) is 0.607. The molecule has 2 heterocycles. The van der Waals surface area contributed by atoms with Gasteiger partial charge in [-0.25, -0.2) is 0 Å². The quantitative estimate of drug-likeness (QED) is 0.711. The Kier molecular flexibility index (Phi) is 2.22. The lowest BCUT2D eigenvalue weighted by Gasteiger charge is -1.95. The van der Waals surface area contributed by atoms with Crippen molar-refractivity contribution in [2.45, 2.75) is 0 Å². The molecule has 2 rings (SSSR count). The van der Waals surface area contributed by atoms with E-state index in [1.54, 1.807) is 30.7 Å². The molecule has 0 aromatic carbocycles. The number of nitrogens with zero attached hydrogens (tertiary/aromatic N) is 4. The fourth-order valence-corrected chi connectivity index (χ4v) is 0.956. The number of hydrogen-bond acceptors (Lipinski definition) is 4. The van der Waals surface area contributed by atoms with E-state index in [0.29, 0.717) is 5.56 Å². The fourth-order valence-electron chi connectivity index (χ4n) is 0.956. The average Bonchev–Trinajstić information content (AvgIpc) is 2.69. The Balaban J connectivity index is 2.23. The van der Waals surface area contributed by atoms with E-state index in [9.17, 15) is 5.11 Å². The topological polar surface area (TPSA) is 63.3 Å². The fraction of sp³-hybridized carbons (Fsp3) is 0. The van der Waals surface area contributed by atoms with Crippen molar-refractivity contribution in [2.24, 2.45) is 5.10 Å². The molecule has 0 bridgehead atoms. The summed E-state index contributed by atoms with van der Waals surface area (Å²) in [6.45, 7) is 0. The van der Waals surface area contributed by atoms with E-state index < -0.39 is 0 Å². The molecule has 0 radical (unpaired) electrons. The summed E-state index contributed by atoms with van der Waals surface area (Å²) in [4.78, 5) is 5.16. The third-order valence-corrected chi connectivity index (χ3v) is 1.64. The van der Waals surface area contributed by atoms with Crippen molar-refractivity contribution in [1.82, 2.24) is 14.9 Å². The lowest BCUT2D eigenvalue weighted by Crippen LogP contribution is -1.91. The predicted octanol–water partition coefficient (Wildman–Crippen LogP) is 0.866. The molecule has 1 N–H and O–H groups in total.